The molecule has 1 fully saturated rings. The average molecular weight is 533 g/mol. The molecule has 2 heterocycles. The number of likely N-dealkylation sites (tertiary alicyclic amines) is 1. The maximum Gasteiger partial charge on any atom is 0.246 e. The van der Waals surface area contributed by atoms with Crippen molar-refractivity contribution >= 4 is 41.5 Å². The largest absolute Gasteiger partial charge is 0.356 e. The van der Waals surface area contributed by atoms with Gasteiger partial charge in [-0.05, 0) is 51.0 Å². The minimum atomic E-state index is 0. The Kier molecular flexibility index (Phi) is 10.7. The molecule has 1 aliphatic heterocycles. The van der Waals surface area contributed by atoms with Crippen molar-refractivity contribution in [3.8, 4) is 11.4 Å². The Morgan fingerprint density at radius 3 is 2.72 bits per heavy atom. The van der Waals surface area contributed by atoms with Crippen LogP contribution in [0.4, 0.5) is 0 Å². The molecule has 2 aromatic rings. The van der Waals surface area contributed by atoms with Gasteiger partial charge in [-0.15, -0.1) is 24.0 Å². The Hall–Kier alpha value is -1.39. The molecule has 160 valence electrons. The zero-order valence-corrected chi connectivity index (χ0v) is 20.0. The topological polar surface area (TPSA) is 78.6 Å². The monoisotopic (exact) mass is 532 g/mol. The summed E-state index contributed by atoms with van der Waals surface area (Å²) in [5.74, 6) is 1.76. The Labute approximate surface area is 194 Å². The van der Waals surface area contributed by atoms with E-state index in [2.05, 4.69) is 30.7 Å². The summed E-state index contributed by atoms with van der Waals surface area (Å²) < 4.78 is 5.31. The fraction of sp³-hybridized carbons (Fsp3) is 0.550. The lowest BCUT2D eigenvalue weighted by Gasteiger charge is -2.19. The number of aliphatic imine (C=N–C) groups is 1. The summed E-state index contributed by atoms with van der Waals surface area (Å²) >= 11 is 6.02. The zero-order valence-electron chi connectivity index (χ0n) is 16.9. The summed E-state index contributed by atoms with van der Waals surface area (Å²) in [4.78, 5) is 11.2. The number of nitrogens with zero attached hydrogens (tertiary/aromatic N) is 4. The van der Waals surface area contributed by atoms with Crippen molar-refractivity contribution in [1.82, 2.24) is 25.7 Å². The minimum Gasteiger partial charge on any atom is -0.356 e. The molecule has 0 unspecified atom stereocenters. The Balaban J connectivity index is 0.00000300. The number of rotatable bonds is 7. The van der Waals surface area contributed by atoms with Gasteiger partial charge in [-0.25, -0.2) is 0 Å². The van der Waals surface area contributed by atoms with Crippen LogP contribution in [-0.4, -0.2) is 54.2 Å². The van der Waals surface area contributed by atoms with E-state index in [9.17, 15) is 0 Å². The van der Waals surface area contributed by atoms with Gasteiger partial charge in [-0.2, -0.15) is 4.98 Å². The van der Waals surface area contributed by atoms with Gasteiger partial charge in [0.05, 0.1) is 6.54 Å². The fourth-order valence-electron chi connectivity index (χ4n) is 3.32. The maximum atomic E-state index is 6.02. The molecule has 0 atom stereocenters. The number of benzene rings is 1. The molecule has 1 aliphatic rings. The van der Waals surface area contributed by atoms with Crippen LogP contribution in [0.2, 0.25) is 5.02 Å². The van der Waals surface area contributed by atoms with E-state index in [1.54, 1.807) is 7.05 Å². The number of hydrogen-bond donors (Lipinski definition) is 2. The van der Waals surface area contributed by atoms with Crippen LogP contribution in [0.3, 0.4) is 0 Å². The van der Waals surface area contributed by atoms with E-state index in [1.807, 2.05) is 24.3 Å². The van der Waals surface area contributed by atoms with Gasteiger partial charge in [0.15, 0.2) is 5.96 Å². The van der Waals surface area contributed by atoms with Gasteiger partial charge in [-0.1, -0.05) is 41.7 Å². The van der Waals surface area contributed by atoms with Crippen LogP contribution in [0.1, 0.15) is 38.0 Å². The van der Waals surface area contributed by atoms with Gasteiger partial charge in [0.25, 0.3) is 0 Å². The van der Waals surface area contributed by atoms with Crippen molar-refractivity contribution in [3.05, 3.63) is 35.2 Å². The molecule has 0 saturated carbocycles. The van der Waals surface area contributed by atoms with Crippen LogP contribution in [0.15, 0.2) is 33.8 Å². The molecule has 0 spiro atoms. The second-order valence-electron chi connectivity index (χ2n) is 6.98. The van der Waals surface area contributed by atoms with Gasteiger partial charge in [0.2, 0.25) is 11.7 Å². The van der Waals surface area contributed by atoms with E-state index in [-0.39, 0.29) is 24.0 Å². The quantitative estimate of drug-likeness (QED) is 0.243. The predicted octanol–water partition coefficient (Wildman–Crippen LogP) is 3.94. The Morgan fingerprint density at radius 1 is 1.21 bits per heavy atom. The zero-order chi connectivity index (χ0) is 19.6. The number of guanidine groups is 1. The highest BCUT2D eigenvalue weighted by Crippen LogP contribution is 2.19. The summed E-state index contributed by atoms with van der Waals surface area (Å²) in [6, 6.07) is 7.40. The van der Waals surface area contributed by atoms with Crippen molar-refractivity contribution in [1.29, 1.82) is 0 Å². The normalized spacial score (nSPS) is 15.4. The first-order valence-corrected chi connectivity index (χ1v) is 10.4. The van der Waals surface area contributed by atoms with E-state index in [1.165, 1.54) is 38.8 Å². The van der Waals surface area contributed by atoms with Crippen molar-refractivity contribution < 1.29 is 4.52 Å². The third-order valence-electron chi connectivity index (χ3n) is 4.82. The summed E-state index contributed by atoms with van der Waals surface area (Å²) in [5.41, 5.74) is 0.832. The van der Waals surface area contributed by atoms with Crippen LogP contribution >= 0.6 is 35.6 Å². The molecule has 0 amide bonds. The van der Waals surface area contributed by atoms with Gasteiger partial charge >= 0.3 is 0 Å². The third-order valence-corrected chi connectivity index (χ3v) is 5.06. The molecule has 1 saturated heterocycles. The highest BCUT2D eigenvalue weighted by Gasteiger charge is 2.10. The van der Waals surface area contributed by atoms with E-state index in [4.69, 9.17) is 16.1 Å². The highest BCUT2D eigenvalue weighted by atomic mass is 127. The molecule has 0 aliphatic carbocycles. The maximum absolute atomic E-state index is 6.02. The van der Waals surface area contributed by atoms with Crippen molar-refractivity contribution in [2.24, 2.45) is 4.99 Å². The first kappa shape index (κ1) is 23.9. The average Bonchev–Trinajstić information content (AvgIpc) is 3.03. The van der Waals surface area contributed by atoms with E-state index in [0.717, 1.165) is 31.0 Å². The van der Waals surface area contributed by atoms with Crippen LogP contribution in [0.25, 0.3) is 11.4 Å². The smallest absolute Gasteiger partial charge is 0.246 e. The predicted molar refractivity (Wildman–Crippen MR) is 128 cm³/mol. The summed E-state index contributed by atoms with van der Waals surface area (Å²) in [7, 11) is 1.76. The van der Waals surface area contributed by atoms with Gasteiger partial charge in [0, 0.05) is 24.2 Å². The second-order valence-corrected chi connectivity index (χ2v) is 7.42. The summed E-state index contributed by atoms with van der Waals surface area (Å²) in [6.45, 7) is 4.90. The molecule has 0 radical (unpaired) electrons. The van der Waals surface area contributed by atoms with Gasteiger partial charge in [-0.3, -0.25) is 4.99 Å². The van der Waals surface area contributed by atoms with Crippen LogP contribution < -0.4 is 10.6 Å². The molecule has 29 heavy (non-hydrogen) atoms. The second kappa shape index (κ2) is 13.0. The van der Waals surface area contributed by atoms with Crippen LogP contribution in [0, 0.1) is 0 Å². The van der Waals surface area contributed by atoms with Gasteiger partial charge < -0.3 is 20.1 Å². The molecule has 0 bridgehead atoms. The first-order valence-electron chi connectivity index (χ1n) is 10.00. The lowest BCUT2D eigenvalue weighted by Crippen LogP contribution is -2.38. The number of nitrogens with one attached hydrogen (secondary N) is 2. The molecule has 1 aromatic carbocycles. The molecule has 9 heteroatoms. The molecular weight excluding hydrogens is 503 g/mol. The Bertz CT molecular complexity index is 761. The molecule has 2 N–H and O–H groups in total. The lowest BCUT2D eigenvalue weighted by atomic mass is 10.2. The number of halogens is 2. The van der Waals surface area contributed by atoms with Crippen molar-refractivity contribution in [2.45, 2.75) is 38.6 Å². The molecule has 1 aromatic heterocycles. The SMILES string of the molecule is CN=C(NCCCN1CCCCCC1)NCc1nc(-c2cccc(Cl)c2)no1.I. The van der Waals surface area contributed by atoms with Crippen molar-refractivity contribution in [2.75, 3.05) is 33.2 Å². The summed E-state index contributed by atoms with van der Waals surface area (Å²) in [5, 5.41) is 11.2. The van der Waals surface area contributed by atoms with Crippen molar-refractivity contribution in [3.63, 3.8) is 0 Å². The minimum absolute atomic E-state index is 0. The van der Waals surface area contributed by atoms with Crippen LogP contribution in [-0.2, 0) is 6.54 Å². The Morgan fingerprint density at radius 2 is 2.00 bits per heavy atom. The molecular formula is C20H30ClIN6O. The molecule has 7 nitrogen and oxygen atoms in total. The van der Waals surface area contributed by atoms with Gasteiger partial charge in [0.1, 0.15) is 0 Å². The lowest BCUT2D eigenvalue weighted by molar-refractivity contribution is 0.282. The van der Waals surface area contributed by atoms with Crippen LogP contribution in [0.5, 0.6) is 0 Å². The summed E-state index contributed by atoms with van der Waals surface area (Å²) in [6.07, 6.45) is 6.51. The standard InChI is InChI=1S/C20H29ClN6O.HI/c1-22-20(23-10-7-13-27-11-4-2-3-5-12-27)24-15-18-25-19(26-28-18)16-8-6-9-17(21)14-16;/h6,8-9,14H,2-5,7,10-13,15H2,1H3,(H2,22,23,24);1H. The number of aromatic nitrogens is 2. The highest BCUT2D eigenvalue weighted by molar-refractivity contribution is 14.0. The molecule has 3 rings (SSSR count). The van der Waals surface area contributed by atoms with E-state index in [0.29, 0.717) is 23.3 Å². The van der Waals surface area contributed by atoms with E-state index < -0.39 is 0 Å². The number of hydrogen-bond acceptors (Lipinski definition) is 5. The van der Waals surface area contributed by atoms with E-state index >= 15 is 0 Å². The fourth-order valence-corrected chi connectivity index (χ4v) is 3.51. The third kappa shape index (κ3) is 8.10. The first-order chi connectivity index (χ1) is 13.7.